The highest BCUT2D eigenvalue weighted by atomic mass is 32.2. The van der Waals surface area contributed by atoms with Crippen molar-refractivity contribution in [3.63, 3.8) is 0 Å². The second-order valence-electron chi connectivity index (χ2n) is 9.59. The summed E-state index contributed by atoms with van der Waals surface area (Å²) in [6.07, 6.45) is 0. The van der Waals surface area contributed by atoms with Gasteiger partial charge in [-0.25, -0.2) is 12.7 Å². The van der Waals surface area contributed by atoms with Crippen LogP contribution in [0.25, 0.3) is 10.8 Å². The SMILES string of the molecule is Cc1cccc(S(=O)(=O)Nc2cccc3c(O)c(SN4CCOCC4)cc(NC[NH2+]C(=S)c4ccccc4N)c23)c1. The van der Waals surface area contributed by atoms with E-state index in [1.807, 2.05) is 42.6 Å². The summed E-state index contributed by atoms with van der Waals surface area (Å²) in [5.74, 6) is 0.0789. The third-order valence-electron chi connectivity index (χ3n) is 6.65. The normalized spacial score (nSPS) is 14.2. The van der Waals surface area contributed by atoms with Gasteiger partial charge in [0.05, 0.1) is 34.3 Å². The van der Waals surface area contributed by atoms with Crippen molar-refractivity contribution in [2.24, 2.45) is 0 Å². The highest BCUT2D eigenvalue weighted by Gasteiger charge is 2.22. The van der Waals surface area contributed by atoms with Crippen LogP contribution in [0.15, 0.2) is 82.6 Å². The number of nitrogens with two attached hydrogens (primary N) is 2. The Bertz CT molecular complexity index is 1690. The predicted octanol–water partition coefficient (Wildman–Crippen LogP) is 3.88. The van der Waals surface area contributed by atoms with Gasteiger partial charge in [-0.3, -0.25) is 10.0 Å². The number of thiocarbonyl (C=S) groups is 1. The van der Waals surface area contributed by atoms with Crippen LogP contribution in [-0.2, 0) is 14.8 Å². The molecule has 214 valence electrons. The summed E-state index contributed by atoms with van der Waals surface area (Å²) in [6.45, 7) is 4.88. The number of rotatable bonds is 9. The number of aryl methyl sites for hydroxylation is 1. The number of nitrogens with zero attached hydrogens (tertiary/aromatic N) is 1. The van der Waals surface area contributed by atoms with Crippen molar-refractivity contribution in [1.29, 1.82) is 0 Å². The van der Waals surface area contributed by atoms with Crippen LogP contribution in [0.4, 0.5) is 17.1 Å². The Labute approximate surface area is 249 Å². The van der Waals surface area contributed by atoms with E-state index in [-0.39, 0.29) is 10.6 Å². The van der Waals surface area contributed by atoms with Crippen molar-refractivity contribution >= 4 is 67.0 Å². The Morgan fingerprint density at radius 3 is 2.59 bits per heavy atom. The number of ether oxygens (including phenoxy) is 1. The highest BCUT2D eigenvalue weighted by molar-refractivity contribution is 7.97. The van der Waals surface area contributed by atoms with E-state index >= 15 is 0 Å². The summed E-state index contributed by atoms with van der Waals surface area (Å²) in [4.78, 5) is 1.41. The molecule has 1 aliphatic heterocycles. The number of morpholine rings is 1. The molecule has 0 spiro atoms. The van der Waals surface area contributed by atoms with Gasteiger partial charge in [0.1, 0.15) is 5.75 Å². The van der Waals surface area contributed by atoms with Crippen molar-refractivity contribution in [2.45, 2.75) is 16.7 Å². The lowest BCUT2D eigenvalue weighted by Gasteiger charge is -2.26. The molecule has 0 atom stereocenters. The van der Waals surface area contributed by atoms with Crippen molar-refractivity contribution in [3.05, 3.63) is 83.9 Å². The number of anilines is 3. The summed E-state index contributed by atoms with van der Waals surface area (Å²) in [5, 5.41) is 17.7. The van der Waals surface area contributed by atoms with Crippen molar-refractivity contribution < 1.29 is 23.6 Å². The molecule has 9 nitrogen and oxygen atoms in total. The molecule has 1 heterocycles. The number of benzene rings is 4. The predicted molar refractivity (Wildman–Crippen MR) is 169 cm³/mol. The van der Waals surface area contributed by atoms with Crippen LogP contribution in [0.5, 0.6) is 5.75 Å². The van der Waals surface area contributed by atoms with Gasteiger partial charge >= 0.3 is 0 Å². The molecule has 1 saturated heterocycles. The molecule has 5 rings (SSSR count). The van der Waals surface area contributed by atoms with Crippen LogP contribution >= 0.6 is 24.2 Å². The first-order valence-electron chi connectivity index (χ1n) is 13.1. The zero-order valence-corrected chi connectivity index (χ0v) is 24.9. The monoisotopic (exact) mass is 610 g/mol. The molecule has 4 aromatic rings. The Morgan fingerprint density at radius 1 is 1.07 bits per heavy atom. The number of nitrogens with one attached hydrogen (secondary N) is 2. The number of sulfonamides is 1. The minimum atomic E-state index is -3.89. The van der Waals surface area contributed by atoms with Gasteiger partial charge in [0.15, 0.2) is 6.67 Å². The zero-order valence-electron chi connectivity index (χ0n) is 22.5. The Hall–Kier alpha value is -3.39. The molecule has 41 heavy (non-hydrogen) atoms. The third kappa shape index (κ3) is 6.75. The molecular formula is C29H32N5O4S3+. The van der Waals surface area contributed by atoms with E-state index in [2.05, 4.69) is 14.3 Å². The minimum absolute atomic E-state index is 0.0789. The van der Waals surface area contributed by atoms with E-state index in [0.29, 0.717) is 57.6 Å². The fourth-order valence-corrected chi connectivity index (χ4v) is 7.01. The Kier molecular flexibility index (Phi) is 8.97. The summed E-state index contributed by atoms with van der Waals surface area (Å²) >= 11 is 7.05. The summed E-state index contributed by atoms with van der Waals surface area (Å²) < 4.78 is 37.1. The molecule has 1 fully saturated rings. The molecule has 0 aliphatic carbocycles. The number of fused-ring (bicyclic) bond motifs is 1. The third-order valence-corrected chi connectivity index (χ3v) is 9.53. The lowest BCUT2D eigenvalue weighted by atomic mass is 10.1. The van der Waals surface area contributed by atoms with Gasteiger partial charge in [-0.1, -0.05) is 36.4 Å². The van der Waals surface area contributed by atoms with Gasteiger partial charge < -0.3 is 20.9 Å². The van der Waals surface area contributed by atoms with E-state index in [1.165, 1.54) is 11.9 Å². The van der Waals surface area contributed by atoms with Crippen molar-refractivity contribution in [3.8, 4) is 5.75 Å². The van der Waals surface area contributed by atoms with Crippen molar-refractivity contribution in [1.82, 2.24) is 4.31 Å². The first-order valence-corrected chi connectivity index (χ1v) is 15.7. The number of aromatic hydroxyl groups is 1. The van der Waals surface area contributed by atoms with E-state index in [0.717, 1.165) is 24.2 Å². The number of phenols is 1. The van der Waals surface area contributed by atoms with Gasteiger partial charge in [-0.2, -0.15) is 0 Å². The van der Waals surface area contributed by atoms with Crippen LogP contribution in [0, 0.1) is 6.92 Å². The topological polar surface area (TPSA) is 134 Å². The van der Waals surface area contributed by atoms with Crippen LogP contribution < -0.4 is 21.1 Å². The first kappa shape index (κ1) is 29.1. The molecule has 0 radical (unpaired) electrons. The lowest BCUT2D eigenvalue weighted by molar-refractivity contribution is -0.528. The molecule has 4 aromatic carbocycles. The standard InChI is InChI=1S/C29H31N5O4S3/c1-19-6-4-7-20(16-19)41(36,37)33-24-11-5-9-22-27(24)25(17-26(28(22)35)40-34-12-14-38-15-13-34)31-18-32-29(39)21-8-2-3-10-23(21)30/h2-11,16-17,31,33,35H,12-15,18,30H2,1H3,(H,32,39)/p+1. The lowest BCUT2D eigenvalue weighted by Crippen LogP contribution is -2.89. The molecule has 0 amide bonds. The Balaban J connectivity index is 1.51. The molecule has 0 saturated carbocycles. The first-order chi connectivity index (χ1) is 19.7. The highest BCUT2D eigenvalue weighted by Crippen LogP contribution is 2.44. The molecule has 12 heteroatoms. The average Bonchev–Trinajstić information content (AvgIpc) is 2.96. The van der Waals surface area contributed by atoms with Crippen LogP contribution in [0.3, 0.4) is 0 Å². The van der Waals surface area contributed by atoms with Gasteiger partial charge in [0.25, 0.3) is 10.0 Å². The maximum Gasteiger partial charge on any atom is 0.261 e. The fourth-order valence-electron chi connectivity index (χ4n) is 4.59. The van der Waals surface area contributed by atoms with Crippen LogP contribution in [-0.4, -0.2) is 55.8 Å². The maximum atomic E-state index is 13.4. The van der Waals surface area contributed by atoms with Crippen LogP contribution in [0.1, 0.15) is 11.1 Å². The average molecular weight is 611 g/mol. The summed E-state index contributed by atoms with van der Waals surface area (Å²) in [6, 6.07) is 21.2. The molecule has 7 N–H and O–H groups in total. The smallest absolute Gasteiger partial charge is 0.261 e. The summed E-state index contributed by atoms with van der Waals surface area (Å²) in [5.41, 5.74) is 9.30. The van der Waals surface area contributed by atoms with E-state index < -0.39 is 10.0 Å². The number of nitrogen functional groups attached to an aromatic ring is 1. The minimum Gasteiger partial charge on any atom is -0.506 e. The summed E-state index contributed by atoms with van der Waals surface area (Å²) in [7, 11) is -3.89. The van der Waals surface area contributed by atoms with Gasteiger partial charge in [-0.05, 0) is 73.1 Å². The number of quaternary nitrogens is 1. The van der Waals surface area contributed by atoms with Crippen molar-refractivity contribution in [2.75, 3.05) is 48.7 Å². The number of para-hydroxylation sites is 1. The number of hydrogen-bond acceptors (Lipinski definition) is 9. The maximum absolute atomic E-state index is 13.4. The van der Waals surface area contributed by atoms with Gasteiger partial charge in [-0.15, -0.1) is 0 Å². The van der Waals surface area contributed by atoms with E-state index in [9.17, 15) is 13.5 Å². The second kappa shape index (κ2) is 12.6. The second-order valence-corrected chi connectivity index (χ2v) is 12.9. The van der Waals surface area contributed by atoms with E-state index in [1.54, 1.807) is 42.5 Å². The molecule has 0 bridgehead atoms. The quantitative estimate of drug-likeness (QED) is 0.0629. The Morgan fingerprint density at radius 2 is 1.83 bits per heavy atom. The van der Waals surface area contributed by atoms with Gasteiger partial charge in [0, 0.05) is 35.2 Å². The molecule has 1 aliphatic rings. The fraction of sp³-hybridized carbons (Fsp3) is 0.207. The largest absolute Gasteiger partial charge is 0.506 e. The molecular weight excluding hydrogens is 579 g/mol. The molecule has 0 aromatic heterocycles. The zero-order chi connectivity index (χ0) is 29.0. The number of hydrogen-bond donors (Lipinski definition) is 5. The van der Waals surface area contributed by atoms with E-state index in [4.69, 9.17) is 22.7 Å². The van der Waals surface area contributed by atoms with Gasteiger partial charge in [0.2, 0.25) is 4.99 Å². The van der Waals surface area contributed by atoms with Crippen LogP contribution in [0.2, 0.25) is 0 Å². The number of phenolic OH excluding ortho intramolecular Hbond substituents is 1. The molecule has 0 unspecified atom stereocenters.